The van der Waals surface area contributed by atoms with Crippen molar-refractivity contribution >= 4 is 5.91 Å². The van der Waals surface area contributed by atoms with Crippen LogP contribution < -0.4 is 4.74 Å². The summed E-state index contributed by atoms with van der Waals surface area (Å²) in [6.07, 6.45) is -0.280. The van der Waals surface area contributed by atoms with Crippen LogP contribution in [0.5, 0.6) is 5.75 Å². The predicted molar refractivity (Wildman–Crippen MR) is 104 cm³/mol. The highest BCUT2D eigenvalue weighted by atomic mass is 16.5. The molecule has 0 heterocycles. The number of carbonyl (C=O) groups excluding carboxylic acids is 1. The van der Waals surface area contributed by atoms with Gasteiger partial charge in [0.25, 0.3) is 0 Å². The van der Waals surface area contributed by atoms with Gasteiger partial charge >= 0.3 is 0 Å². The summed E-state index contributed by atoms with van der Waals surface area (Å²) in [6.45, 7) is 4.54. The molecule has 4 nitrogen and oxygen atoms in total. The molecule has 0 radical (unpaired) electrons. The molecular weight excluding hydrogens is 326 g/mol. The van der Waals surface area contributed by atoms with Gasteiger partial charge in [-0.3, -0.25) is 4.79 Å². The number of ether oxygens (including phenoxy) is 1. The molecule has 0 aliphatic rings. The Morgan fingerprint density at radius 3 is 2.19 bits per heavy atom. The molecule has 0 aromatic heterocycles. The zero-order valence-electron chi connectivity index (χ0n) is 16.1. The van der Waals surface area contributed by atoms with Gasteiger partial charge in [0, 0.05) is 13.5 Å². The Hall–Kier alpha value is -2.33. The number of hydrogen-bond acceptors (Lipinski definition) is 3. The third-order valence-electron chi connectivity index (χ3n) is 4.80. The lowest BCUT2D eigenvalue weighted by molar-refractivity contribution is -0.131. The van der Waals surface area contributed by atoms with Gasteiger partial charge in [-0.05, 0) is 35.1 Å². The topological polar surface area (TPSA) is 49.8 Å². The summed E-state index contributed by atoms with van der Waals surface area (Å²) in [5, 5.41) is 10.4. The first-order valence-electron chi connectivity index (χ1n) is 9.03. The van der Waals surface area contributed by atoms with Gasteiger partial charge in [-0.15, -0.1) is 0 Å². The van der Waals surface area contributed by atoms with Gasteiger partial charge in [0.2, 0.25) is 5.91 Å². The van der Waals surface area contributed by atoms with E-state index in [2.05, 4.69) is 26.0 Å². The molecule has 0 spiro atoms. The van der Waals surface area contributed by atoms with Crippen molar-refractivity contribution in [2.24, 2.45) is 5.92 Å². The molecule has 0 aliphatic carbocycles. The molecule has 140 valence electrons. The molecule has 0 bridgehead atoms. The van der Waals surface area contributed by atoms with Gasteiger partial charge in [0.15, 0.2) is 0 Å². The van der Waals surface area contributed by atoms with E-state index in [1.54, 1.807) is 19.1 Å². The van der Waals surface area contributed by atoms with E-state index in [-0.39, 0.29) is 18.4 Å². The molecule has 0 aliphatic heterocycles. The highest BCUT2D eigenvalue weighted by Crippen LogP contribution is 2.28. The molecule has 2 atom stereocenters. The first kappa shape index (κ1) is 20.0. The largest absolute Gasteiger partial charge is 0.497 e. The first-order chi connectivity index (χ1) is 12.4. The normalized spacial score (nSPS) is 13.3. The Morgan fingerprint density at radius 2 is 1.65 bits per heavy atom. The summed E-state index contributed by atoms with van der Waals surface area (Å²) >= 11 is 0. The van der Waals surface area contributed by atoms with Gasteiger partial charge in [-0.1, -0.05) is 56.3 Å². The van der Waals surface area contributed by atoms with Gasteiger partial charge in [-0.25, -0.2) is 0 Å². The minimum atomic E-state index is -0.718. The van der Waals surface area contributed by atoms with Crippen LogP contribution in [-0.4, -0.2) is 36.6 Å². The van der Waals surface area contributed by atoms with Crippen molar-refractivity contribution in [3.05, 3.63) is 65.7 Å². The van der Waals surface area contributed by atoms with Crippen molar-refractivity contribution in [2.45, 2.75) is 32.3 Å². The zero-order chi connectivity index (χ0) is 19.1. The van der Waals surface area contributed by atoms with Gasteiger partial charge in [0.1, 0.15) is 5.75 Å². The zero-order valence-corrected chi connectivity index (χ0v) is 16.1. The molecular formula is C22H29NO3. The summed E-state index contributed by atoms with van der Waals surface area (Å²) in [7, 11) is 3.35. The van der Waals surface area contributed by atoms with Crippen LogP contribution in [0.3, 0.4) is 0 Å². The Bertz CT molecular complexity index is 682. The summed E-state index contributed by atoms with van der Waals surface area (Å²) in [4.78, 5) is 14.3. The van der Waals surface area contributed by atoms with Crippen LogP contribution in [0, 0.1) is 5.92 Å². The van der Waals surface area contributed by atoms with E-state index in [0.717, 1.165) is 11.3 Å². The number of benzene rings is 2. The fourth-order valence-electron chi connectivity index (χ4n) is 3.08. The van der Waals surface area contributed by atoms with Crippen molar-refractivity contribution in [1.29, 1.82) is 0 Å². The predicted octanol–water partition coefficient (Wildman–Crippen LogP) is 4.02. The highest BCUT2D eigenvalue weighted by Gasteiger charge is 2.23. The molecule has 4 heteroatoms. The van der Waals surface area contributed by atoms with Gasteiger partial charge < -0.3 is 14.7 Å². The second-order valence-corrected chi connectivity index (χ2v) is 7.03. The number of amides is 1. The van der Waals surface area contributed by atoms with Crippen LogP contribution in [0.1, 0.15) is 43.4 Å². The Labute approximate surface area is 156 Å². The van der Waals surface area contributed by atoms with Crippen molar-refractivity contribution in [3.63, 3.8) is 0 Å². The molecule has 2 aromatic carbocycles. The maximum absolute atomic E-state index is 12.7. The Balaban J connectivity index is 1.99. The first-order valence-corrected chi connectivity index (χ1v) is 9.03. The molecule has 0 saturated heterocycles. The summed E-state index contributed by atoms with van der Waals surface area (Å²) in [5.41, 5.74) is 1.95. The lowest BCUT2D eigenvalue weighted by atomic mass is 9.85. The minimum Gasteiger partial charge on any atom is -0.497 e. The second kappa shape index (κ2) is 9.39. The van der Waals surface area contributed by atoms with Crippen LogP contribution >= 0.6 is 0 Å². The quantitative estimate of drug-likeness (QED) is 0.778. The standard InChI is InChI=1S/C22H29NO3/c1-16(2)20(17-8-6-5-7-9-17)14-22(25)23(3)15-21(24)18-10-12-19(26-4)13-11-18/h5-13,16,20-21,24H,14-15H2,1-4H3. The molecule has 0 fully saturated rings. The average molecular weight is 355 g/mol. The van der Waals surface area contributed by atoms with E-state index in [4.69, 9.17) is 4.74 Å². The third-order valence-corrected chi connectivity index (χ3v) is 4.80. The summed E-state index contributed by atoms with van der Waals surface area (Å²) in [5.74, 6) is 1.32. The maximum atomic E-state index is 12.7. The van der Waals surface area contributed by atoms with Crippen molar-refractivity contribution in [3.8, 4) is 5.75 Å². The smallest absolute Gasteiger partial charge is 0.223 e. The SMILES string of the molecule is COc1ccc(C(O)CN(C)C(=O)CC(c2ccccc2)C(C)C)cc1. The van der Waals surface area contributed by atoms with Crippen LogP contribution in [0.2, 0.25) is 0 Å². The molecule has 2 aromatic rings. The lowest BCUT2D eigenvalue weighted by Crippen LogP contribution is -2.32. The summed E-state index contributed by atoms with van der Waals surface area (Å²) < 4.78 is 5.13. The van der Waals surface area contributed by atoms with Crippen molar-refractivity contribution in [1.82, 2.24) is 4.90 Å². The number of methoxy groups -OCH3 is 1. The van der Waals surface area contributed by atoms with E-state index < -0.39 is 6.10 Å². The molecule has 1 amide bonds. The van der Waals surface area contributed by atoms with E-state index in [0.29, 0.717) is 12.3 Å². The van der Waals surface area contributed by atoms with E-state index in [1.807, 2.05) is 42.5 Å². The van der Waals surface area contributed by atoms with E-state index in [1.165, 1.54) is 5.56 Å². The molecule has 1 N–H and O–H groups in total. The molecule has 0 saturated carbocycles. The number of aliphatic hydroxyl groups excluding tert-OH is 1. The van der Waals surface area contributed by atoms with Crippen molar-refractivity contribution < 1.29 is 14.6 Å². The van der Waals surface area contributed by atoms with Crippen LogP contribution in [0.15, 0.2) is 54.6 Å². The fraction of sp³-hybridized carbons (Fsp3) is 0.409. The summed E-state index contributed by atoms with van der Waals surface area (Å²) in [6, 6.07) is 17.4. The third kappa shape index (κ3) is 5.33. The van der Waals surface area contributed by atoms with Crippen LogP contribution in [-0.2, 0) is 4.79 Å². The fourth-order valence-corrected chi connectivity index (χ4v) is 3.08. The number of rotatable bonds is 8. The van der Waals surface area contributed by atoms with Crippen LogP contribution in [0.4, 0.5) is 0 Å². The Morgan fingerprint density at radius 1 is 1.04 bits per heavy atom. The van der Waals surface area contributed by atoms with Gasteiger partial charge in [-0.2, -0.15) is 0 Å². The lowest BCUT2D eigenvalue weighted by Gasteiger charge is -2.26. The number of likely N-dealkylation sites (N-methyl/N-ethyl adjacent to an activating group) is 1. The van der Waals surface area contributed by atoms with Crippen molar-refractivity contribution in [2.75, 3.05) is 20.7 Å². The van der Waals surface area contributed by atoms with Crippen LogP contribution in [0.25, 0.3) is 0 Å². The maximum Gasteiger partial charge on any atom is 0.223 e. The average Bonchev–Trinajstić information content (AvgIpc) is 2.66. The number of hydrogen-bond donors (Lipinski definition) is 1. The molecule has 2 rings (SSSR count). The minimum absolute atomic E-state index is 0.0418. The van der Waals surface area contributed by atoms with E-state index >= 15 is 0 Å². The Kier molecular flexibility index (Phi) is 7.22. The molecule has 2 unspecified atom stereocenters. The number of nitrogens with zero attached hydrogens (tertiary/aromatic N) is 1. The highest BCUT2D eigenvalue weighted by molar-refractivity contribution is 5.77. The van der Waals surface area contributed by atoms with E-state index in [9.17, 15) is 9.90 Å². The van der Waals surface area contributed by atoms with Gasteiger partial charge in [0.05, 0.1) is 19.8 Å². The second-order valence-electron chi connectivity index (χ2n) is 7.03. The number of carbonyl (C=O) groups is 1. The monoisotopic (exact) mass is 355 g/mol. The number of aliphatic hydroxyl groups is 1. The molecule has 26 heavy (non-hydrogen) atoms.